The van der Waals surface area contributed by atoms with Gasteiger partial charge in [0.15, 0.2) is 5.11 Å². The van der Waals surface area contributed by atoms with Gasteiger partial charge in [0.1, 0.15) is 0 Å². The predicted molar refractivity (Wildman–Crippen MR) is 173 cm³/mol. The van der Waals surface area contributed by atoms with E-state index in [4.69, 9.17) is 40.7 Å². The molecular weight excluding hydrogens is 589 g/mol. The average Bonchev–Trinajstić information content (AvgIpc) is 3.41. The van der Waals surface area contributed by atoms with Gasteiger partial charge in [-0.2, -0.15) is 5.26 Å². The third kappa shape index (κ3) is 8.46. The summed E-state index contributed by atoms with van der Waals surface area (Å²) in [7, 11) is 3.97. The summed E-state index contributed by atoms with van der Waals surface area (Å²) in [6.45, 7) is 1.77. The van der Waals surface area contributed by atoms with E-state index >= 15 is 0 Å². The van der Waals surface area contributed by atoms with Crippen molar-refractivity contribution in [1.29, 1.82) is 5.26 Å². The van der Waals surface area contributed by atoms with Gasteiger partial charge in [0, 0.05) is 63.5 Å². The highest BCUT2D eigenvalue weighted by atomic mass is 35.5. The van der Waals surface area contributed by atoms with Crippen LogP contribution in [0.25, 0.3) is 0 Å². The van der Waals surface area contributed by atoms with Gasteiger partial charge in [-0.25, -0.2) is 4.98 Å². The van der Waals surface area contributed by atoms with Crippen molar-refractivity contribution in [1.82, 2.24) is 19.8 Å². The molecule has 0 fully saturated rings. The Kier molecular flexibility index (Phi) is 10.8. The van der Waals surface area contributed by atoms with Gasteiger partial charge in [0.25, 0.3) is 0 Å². The molecule has 0 atom stereocenters. The number of carbonyl (C=O) groups excluding carboxylic acids is 1. The van der Waals surface area contributed by atoms with Gasteiger partial charge in [-0.3, -0.25) is 4.79 Å². The summed E-state index contributed by atoms with van der Waals surface area (Å²) < 4.78 is 1.93. The standard InChI is InChI=1S/C31H31Cl2N7OS/c1-38(2)26-12-10-25(11-13-26)37-31(42)39(20-24-4-3-5-28(32)30(24)33)15-14-36-29(41)16-27-18-35-21-40(27)19-23-8-6-22(17-34)7-9-23/h3-13,18,21H,14-16,19-20H2,1-2H3,(H,36,41)(H,37,42). The summed E-state index contributed by atoms with van der Waals surface area (Å²) in [5.74, 6) is -0.129. The molecule has 0 aliphatic carbocycles. The maximum absolute atomic E-state index is 12.9. The van der Waals surface area contributed by atoms with E-state index in [1.165, 1.54) is 0 Å². The zero-order chi connectivity index (χ0) is 30.1. The Balaban J connectivity index is 1.38. The Morgan fingerprint density at radius 1 is 1.07 bits per heavy atom. The van der Waals surface area contributed by atoms with Gasteiger partial charge in [-0.1, -0.05) is 47.5 Å². The third-order valence-corrected chi connectivity index (χ3v) is 7.81. The molecule has 0 radical (unpaired) electrons. The number of nitrogens with zero attached hydrogens (tertiary/aromatic N) is 5. The molecule has 0 unspecified atom stereocenters. The minimum absolute atomic E-state index is 0.129. The van der Waals surface area contributed by atoms with Crippen molar-refractivity contribution >= 4 is 57.8 Å². The third-order valence-electron chi connectivity index (χ3n) is 6.60. The molecule has 216 valence electrons. The number of hydrogen-bond donors (Lipinski definition) is 2. The van der Waals surface area contributed by atoms with Crippen molar-refractivity contribution in [2.75, 3.05) is 37.4 Å². The van der Waals surface area contributed by atoms with E-state index in [-0.39, 0.29) is 12.3 Å². The molecule has 4 aromatic rings. The summed E-state index contributed by atoms with van der Waals surface area (Å²) in [5.41, 5.74) is 5.17. The van der Waals surface area contributed by atoms with Crippen LogP contribution in [0.4, 0.5) is 11.4 Å². The molecule has 1 heterocycles. The van der Waals surface area contributed by atoms with Crippen LogP contribution < -0.4 is 15.5 Å². The molecule has 2 N–H and O–H groups in total. The summed E-state index contributed by atoms with van der Waals surface area (Å²) >= 11 is 18.5. The van der Waals surface area contributed by atoms with E-state index in [0.29, 0.717) is 46.9 Å². The molecule has 0 saturated heterocycles. The van der Waals surface area contributed by atoms with Crippen molar-refractivity contribution in [2.24, 2.45) is 0 Å². The number of hydrogen-bond acceptors (Lipinski definition) is 5. The highest BCUT2D eigenvalue weighted by Gasteiger charge is 2.15. The molecule has 1 amide bonds. The number of rotatable bonds is 11. The van der Waals surface area contributed by atoms with Crippen LogP contribution in [-0.2, 0) is 24.3 Å². The van der Waals surface area contributed by atoms with Crippen LogP contribution in [0.3, 0.4) is 0 Å². The maximum atomic E-state index is 12.9. The Morgan fingerprint density at radius 3 is 2.50 bits per heavy atom. The summed E-state index contributed by atoms with van der Waals surface area (Å²) in [6.07, 6.45) is 3.57. The fourth-order valence-electron chi connectivity index (χ4n) is 4.25. The number of thiocarbonyl (C=S) groups is 1. The smallest absolute Gasteiger partial charge is 0.226 e. The van der Waals surface area contributed by atoms with E-state index in [1.807, 2.05) is 77.0 Å². The minimum Gasteiger partial charge on any atom is -0.378 e. The lowest BCUT2D eigenvalue weighted by Crippen LogP contribution is -2.40. The maximum Gasteiger partial charge on any atom is 0.226 e. The topological polar surface area (TPSA) is 89.2 Å². The Hall–Kier alpha value is -4.10. The Morgan fingerprint density at radius 2 is 1.81 bits per heavy atom. The molecule has 0 spiro atoms. The number of anilines is 2. The zero-order valence-electron chi connectivity index (χ0n) is 23.3. The van der Waals surface area contributed by atoms with E-state index < -0.39 is 0 Å². The lowest BCUT2D eigenvalue weighted by atomic mass is 10.1. The Labute approximate surface area is 261 Å². The molecule has 0 aliphatic heterocycles. The summed E-state index contributed by atoms with van der Waals surface area (Å²) in [4.78, 5) is 21.1. The highest BCUT2D eigenvalue weighted by Crippen LogP contribution is 2.27. The monoisotopic (exact) mass is 619 g/mol. The number of benzene rings is 3. The van der Waals surface area contributed by atoms with Crippen molar-refractivity contribution < 1.29 is 4.79 Å². The quantitative estimate of drug-likeness (QED) is 0.207. The van der Waals surface area contributed by atoms with Gasteiger partial charge in [0.2, 0.25) is 5.91 Å². The number of aromatic nitrogens is 2. The van der Waals surface area contributed by atoms with Crippen molar-refractivity contribution in [3.8, 4) is 6.07 Å². The molecule has 3 aromatic carbocycles. The second kappa shape index (κ2) is 14.7. The molecule has 0 aliphatic rings. The molecular formula is C31H31Cl2N7OS. The van der Waals surface area contributed by atoms with Gasteiger partial charge in [-0.15, -0.1) is 0 Å². The predicted octanol–water partition coefficient (Wildman–Crippen LogP) is 5.73. The number of imidazole rings is 1. The number of nitrogens with one attached hydrogen (secondary N) is 2. The molecule has 11 heteroatoms. The van der Waals surface area contributed by atoms with Gasteiger partial charge < -0.3 is 25.0 Å². The number of nitriles is 1. The summed E-state index contributed by atoms with van der Waals surface area (Å²) in [6, 6.07) is 22.9. The van der Waals surface area contributed by atoms with Crippen LogP contribution >= 0.6 is 35.4 Å². The molecule has 8 nitrogen and oxygen atoms in total. The van der Waals surface area contributed by atoms with Crippen LogP contribution in [0.15, 0.2) is 79.3 Å². The number of halogens is 2. The van der Waals surface area contributed by atoms with E-state index in [9.17, 15) is 4.79 Å². The van der Waals surface area contributed by atoms with E-state index in [2.05, 4.69) is 21.7 Å². The van der Waals surface area contributed by atoms with Crippen LogP contribution in [0.1, 0.15) is 22.4 Å². The first-order valence-corrected chi connectivity index (χ1v) is 14.4. The van der Waals surface area contributed by atoms with Crippen LogP contribution in [0, 0.1) is 11.3 Å². The van der Waals surface area contributed by atoms with Crippen molar-refractivity contribution in [3.63, 3.8) is 0 Å². The number of carbonyl (C=O) groups is 1. The fourth-order valence-corrected chi connectivity index (χ4v) is 4.90. The molecule has 1 aromatic heterocycles. The first kappa shape index (κ1) is 30.8. The van der Waals surface area contributed by atoms with Crippen LogP contribution in [0.5, 0.6) is 0 Å². The first-order chi connectivity index (χ1) is 20.2. The zero-order valence-corrected chi connectivity index (χ0v) is 25.7. The average molecular weight is 621 g/mol. The SMILES string of the molecule is CN(C)c1ccc(NC(=S)N(CCNC(=O)Cc2cncn2Cc2ccc(C#N)cc2)Cc2cccc(Cl)c2Cl)cc1. The highest BCUT2D eigenvalue weighted by molar-refractivity contribution is 7.80. The largest absolute Gasteiger partial charge is 0.378 e. The molecule has 4 rings (SSSR count). The lowest BCUT2D eigenvalue weighted by molar-refractivity contribution is -0.120. The second-order valence-corrected chi connectivity index (χ2v) is 11.0. The molecule has 42 heavy (non-hydrogen) atoms. The molecule has 0 bridgehead atoms. The van der Waals surface area contributed by atoms with Crippen molar-refractivity contribution in [2.45, 2.75) is 19.5 Å². The van der Waals surface area contributed by atoms with Crippen LogP contribution in [0.2, 0.25) is 10.0 Å². The minimum atomic E-state index is -0.129. The normalized spacial score (nSPS) is 10.5. The summed E-state index contributed by atoms with van der Waals surface area (Å²) in [5, 5.41) is 16.8. The van der Waals surface area contributed by atoms with E-state index in [1.54, 1.807) is 30.7 Å². The van der Waals surface area contributed by atoms with Crippen molar-refractivity contribution in [3.05, 3.63) is 112 Å². The first-order valence-electron chi connectivity index (χ1n) is 13.2. The fraction of sp³-hybridized carbons (Fsp3) is 0.226. The van der Waals surface area contributed by atoms with E-state index in [0.717, 1.165) is 28.2 Å². The molecule has 0 saturated carbocycles. The lowest BCUT2D eigenvalue weighted by Gasteiger charge is -2.27. The van der Waals surface area contributed by atoms with Crippen LogP contribution in [-0.4, -0.2) is 52.7 Å². The van der Waals surface area contributed by atoms with Gasteiger partial charge >= 0.3 is 0 Å². The number of amides is 1. The Bertz CT molecular complexity index is 1560. The van der Waals surface area contributed by atoms with Gasteiger partial charge in [-0.05, 0) is 65.8 Å². The second-order valence-electron chi connectivity index (χ2n) is 9.85. The van der Waals surface area contributed by atoms with Gasteiger partial charge in [0.05, 0.1) is 34.4 Å².